The molecule has 0 saturated heterocycles. The van der Waals surface area contributed by atoms with Crippen LogP contribution in [-0.4, -0.2) is 47.2 Å². The lowest BCUT2D eigenvalue weighted by atomic mass is 10.0. The molecule has 0 bridgehead atoms. The van der Waals surface area contributed by atoms with Gasteiger partial charge in [-0.2, -0.15) is 0 Å². The minimum absolute atomic E-state index is 0.134. The van der Waals surface area contributed by atoms with E-state index in [0.29, 0.717) is 18.8 Å². The molecule has 1 aromatic carbocycles. The van der Waals surface area contributed by atoms with E-state index in [4.69, 9.17) is 19.7 Å². The third-order valence-corrected chi connectivity index (χ3v) is 5.57. The Hall–Kier alpha value is -1.79. The van der Waals surface area contributed by atoms with Crippen molar-refractivity contribution in [3.8, 4) is 11.5 Å². The topological polar surface area (TPSA) is 96.2 Å². The number of aromatic hydroxyl groups is 1. The number of carbonyl (C=O) groups is 1. The van der Waals surface area contributed by atoms with Crippen LogP contribution >= 0.6 is 0 Å². The van der Waals surface area contributed by atoms with Crippen LogP contribution in [0.4, 0.5) is 0 Å². The number of ether oxygens (including phenoxy) is 2. The van der Waals surface area contributed by atoms with Crippen LogP contribution in [0.25, 0.3) is 0 Å². The average molecular weight is 453 g/mol. The van der Waals surface area contributed by atoms with Crippen LogP contribution in [-0.2, 0) is 16.0 Å². The Labute approximate surface area is 194 Å². The van der Waals surface area contributed by atoms with Crippen LogP contribution < -0.4 is 4.74 Å². The summed E-state index contributed by atoms with van der Waals surface area (Å²) in [6.07, 6.45) is 13.5. The summed E-state index contributed by atoms with van der Waals surface area (Å²) >= 11 is 0. The first kappa shape index (κ1) is 28.2. The maximum absolute atomic E-state index is 11.5. The molecular weight excluding hydrogens is 408 g/mol. The van der Waals surface area contributed by atoms with E-state index in [0.717, 1.165) is 62.7 Å². The molecule has 0 heterocycles. The van der Waals surface area contributed by atoms with Crippen LogP contribution in [0, 0.1) is 0 Å². The number of rotatable bonds is 20. The van der Waals surface area contributed by atoms with Gasteiger partial charge in [-0.05, 0) is 37.8 Å². The molecule has 184 valence electrons. The fourth-order valence-electron chi connectivity index (χ4n) is 3.60. The van der Waals surface area contributed by atoms with Crippen molar-refractivity contribution >= 4 is 5.97 Å². The summed E-state index contributed by atoms with van der Waals surface area (Å²) in [6, 6.07) is 5.55. The van der Waals surface area contributed by atoms with E-state index in [1.165, 1.54) is 32.1 Å². The predicted molar refractivity (Wildman–Crippen MR) is 127 cm³/mol. The van der Waals surface area contributed by atoms with Crippen LogP contribution in [0.1, 0.15) is 96.0 Å². The second-order valence-electron chi connectivity index (χ2n) is 8.51. The van der Waals surface area contributed by atoms with Crippen LogP contribution in [0.15, 0.2) is 18.2 Å². The third kappa shape index (κ3) is 13.6. The standard InChI is InChI=1S/C26H44O6/c1-2-3-4-11-15-23-24(29)16-14-17-25(23)31-19-13-10-8-6-5-7-9-12-18-26(30)32-21-22(28)20-27/h14,16-17,22,27-29H,2-13,15,18-21H2,1H3. The molecule has 1 unspecified atom stereocenters. The second-order valence-corrected chi connectivity index (χ2v) is 8.51. The fraction of sp³-hybridized carbons (Fsp3) is 0.731. The molecule has 0 spiro atoms. The minimum Gasteiger partial charge on any atom is -0.508 e. The van der Waals surface area contributed by atoms with Crippen LogP contribution in [0.2, 0.25) is 0 Å². The lowest BCUT2D eigenvalue weighted by Gasteiger charge is -2.13. The number of aliphatic hydroxyl groups is 2. The SMILES string of the molecule is CCCCCCc1c(O)cccc1OCCCCCCCCCCC(=O)OCC(O)CO. The zero-order valence-corrected chi connectivity index (χ0v) is 19.9. The van der Waals surface area contributed by atoms with E-state index < -0.39 is 12.7 Å². The maximum atomic E-state index is 11.5. The van der Waals surface area contributed by atoms with Gasteiger partial charge in [0.25, 0.3) is 0 Å². The highest BCUT2D eigenvalue weighted by Crippen LogP contribution is 2.29. The van der Waals surface area contributed by atoms with Crippen molar-refractivity contribution in [1.29, 1.82) is 0 Å². The molecule has 0 aliphatic rings. The molecule has 1 aromatic rings. The molecule has 6 nitrogen and oxygen atoms in total. The summed E-state index contributed by atoms with van der Waals surface area (Å²) in [5.74, 6) is 0.856. The summed E-state index contributed by atoms with van der Waals surface area (Å²) < 4.78 is 10.8. The van der Waals surface area contributed by atoms with Crippen molar-refractivity contribution in [2.24, 2.45) is 0 Å². The number of esters is 1. The Balaban J connectivity index is 2.03. The van der Waals surface area contributed by atoms with Crippen molar-refractivity contribution < 1.29 is 29.6 Å². The van der Waals surface area contributed by atoms with E-state index in [2.05, 4.69) is 6.92 Å². The molecule has 32 heavy (non-hydrogen) atoms. The van der Waals surface area contributed by atoms with E-state index >= 15 is 0 Å². The van der Waals surface area contributed by atoms with Gasteiger partial charge < -0.3 is 24.8 Å². The predicted octanol–water partition coefficient (Wildman–Crippen LogP) is 5.30. The van der Waals surface area contributed by atoms with Gasteiger partial charge in [0.2, 0.25) is 0 Å². The first-order valence-electron chi connectivity index (χ1n) is 12.5. The van der Waals surface area contributed by atoms with Crippen molar-refractivity contribution in [2.75, 3.05) is 19.8 Å². The molecule has 0 aromatic heterocycles. The molecule has 0 aliphatic heterocycles. The summed E-state index contributed by atoms with van der Waals surface area (Å²) in [5.41, 5.74) is 0.942. The summed E-state index contributed by atoms with van der Waals surface area (Å²) in [7, 11) is 0. The lowest BCUT2D eigenvalue weighted by molar-refractivity contribution is -0.147. The summed E-state index contributed by atoms with van der Waals surface area (Å²) in [5, 5.41) is 28.0. The Morgan fingerprint density at radius 3 is 2.28 bits per heavy atom. The molecule has 3 N–H and O–H groups in total. The maximum Gasteiger partial charge on any atom is 0.305 e. The molecule has 0 saturated carbocycles. The van der Waals surface area contributed by atoms with Crippen molar-refractivity contribution in [3.63, 3.8) is 0 Å². The van der Waals surface area contributed by atoms with E-state index in [9.17, 15) is 9.90 Å². The largest absolute Gasteiger partial charge is 0.508 e. The third-order valence-electron chi connectivity index (χ3n) is 5.57. The van der Waals surface area contributed by atoms with Crippen molar-refractivity contribution in [3.05, 3.63) is 23.8 Å². The number of phenols is 1. The Kier molecular flexibility index (Phi) is 16.5. The van der Waals surface area contributed by atoms with Gasteiger partial charge in [-0.15, -0.1) is 0 Å². The van der Waals surface area contributed by atoms with Gasteiger partial charge in [-0.3, -0.25) is 4.79 Å². The zero-order valence-electron chi connectivity index (χ0n) is 19.9. The smallest absolute Gasteiger partial charge is 0.305 e. The number of carbonyl (C=O) groups excluding carboxylic acids is 1. The van der Waals surface area contributed by atoms with Crippen LogP contribution in [0.3, 0.4) is 0 Å². The van der Waals surface area contributed by atoms with Gasteiger partial charge in [0, 0.05) is 12.0 Å². The van der Waals surface area contributed by atoms with Crippen molar-refractivity contribution in [1.82, 2.24) is 0 Å². The van der Waals surface area contributed by atoms with Crippen LogP contribution in [0.5, 0.6) is 11.5 Å². The van der Waals surface area contributed by atoms with Gasteiger partial charge in [0.15, 0.2) is 0 Å². The van der Waals surface area contributed by atoms with Gasteiger partial charge in [0.05, 0.1) is 13.2 Å². The first-order valence-corrected chi connectivity index (χ1v) is 12.5. The highest BCUT2D eigenvalue weighted by atomic mass is 16.5. The Morgan fingerprint density at radius 1 is 0.938 bits per heavy atom. The normalized spacial score (nSPS) is 12.0. The molecule has 1 atom stereocenters. The van der Waals surface area contributed by atoms with Crippen molar-refractivity contribution in [2.45, 2.75) is 103 Å². The highest BCUT2D eigenvalue weighted by molar-refractivity contribution is 5.69. The molecule has 6 heteroatoms. The zero-order chi connectivity index (χ0) is 23.4. The average Bonchev–Trinajstić information content (AvgIpc) is 2.79. The molecule has 0 radical (unpaired) electrons. The number of aliphatic hydroxyl groups excluding tert-OH is 2. The van der Waals surface area contributed by atoms with Gasteiger partial charge in [0.1, 0.15) is 24.2 Å². The molecule has 0 aliphatic carbocycles. The monoisotopic (exact) mass is 452 g/mol. The Bertz CT molecular complexity index is 604. The number of unbranched alkanes of at least 4 members (excludes halogenated alkanes) is 10. The lowest BCUT2D eigenvalue weighted by Crippen LogP contribution is -2.21. The fourth-order valence-corrected chi connectivity index (χ4v) is 3.60. The first-order chi connectivity index (χ1) is 15.6. The number of phenolic OH excluding ortho intramolecular Hbond substituents is 1. The Morgan fingerprint density at radius 2 is 1.59 bits per heavy atom. The quantitative estimate of drug-likeness (QED) is 0.183. The van der Waals surface area contributed by atoms with Gasteiger partial charge in [-0.1, -0.05) is 70.8 Å². The molecule has 1 rings (SSSR count). The number of hydrogen-bond donors (Lipinski definition) is 3. The van der Waals surface area contributed by atoms with E-state index in [-0.39, 0.29) is 12.6 Å². The second kappa shape index (κ2) is 18.8. The molecule has 0 fully saturated rings. The number of benzene rings is 1. The molecule has 0 amide bonds. The highest BCUT2D eigenvalue weighted by Gasteiger charge is 2.09. The summed E-state index contributed by atoms with van der Waals surface area (Å²) in [4.78, 5) is 11.5. The van der Waals surface area contributed by atoms with Gasteiger partial charge in [-0.25, -0.2) is 0 Å². The summed E-state index contributed by atoms with van der Waals surface area (Å²) in [6.45, 7) is 2.35. The molecular formula is C26H44O6. The minimum atomic E-state index is -0.984. The van der Waals surface area contributed by atoms with E-state index in [1.807, 2.05) is 12.1 Å². The number of hydrogen-bond acceptors (Lipinski definition) is 6. The van der Waals surface area contributed by atoms with Gasteiger partial charge >= 0.3 is 5.97 Å². The van der Waals surface area contributed by atoms with E-state index in [1.54, 1.807) is 6.07 Å².